The van der Waals surface area contributed by atoms with Crippen LogP contribution in [0.5, 0.6) is 0 Å². The largest absolute Gasteiger partial charge is 0.376 e. The van der Waals surface area contributed by atoms with Crippen molar-refractivity contribution in [1.29, 1.82) is 0 Å². The predicted molar refractivity (Wildman–Crippen MR) is 70.0 cm³/mol. The molecule has 0 saturated carbocycles. The molecular weight excluding hydrogens is 204 g/mol. The van der Waals surface area contributed by atoms with Gasteiger partial charge in [0.15, 0.2) is 5.11 Å². The second-order valence-electron chi connectivity index (χ2n) is 4.01. The van der Waals surface area contributed by atoms with Crippen molar-refractivity contribution in [3.05, 3.63) is 30.3 Å². The maximum absolute atomic E-state index is 5.71. The Hall–Kier alpha value is -1.09. The van der Waals surface area contributed by atoms with Crippen molar-refractivity contribution in [1.82, 2.24) is 0 Å². The molecule has 0 aliphatic heterocycles. The van der Waals surface area contributed by atoms with Gasteiger partial charge in [-0.1, -0.05) is 32.0 Å². The number of nitrogens with two attached hydrogens (primary N) is 1. The van der Waals surface area contributed by atoms with Crippen molar-refractivity contribution < 1.29 is 0 Å². The van der Waals surface area contributed by atoms with Gasteiger partial charge in [0.25, 0.3) is 0 Å². The van der Waals surface area contributed by atoms with E-state index in [1.165, 1.54) is 0 Å². The van der Waals surface area contributed by atoms with Crippen LogP contribution in [-0.4, -0.2) is 11.7 Å². The van der Waals surface area contributed by atoms with Crippen LogP contribution in [0.3, 0.4) is 0 Å². The Morgan fingerprint density at radius 3 is 2.40 bits per heavy atom. The molecule has 0 saturated heterocycles. The fourth-order valence-electron chi connectivity index (χ4n) is 1.36. The van der Waals surface area contributed by atoms with Gasteiger partial charge in [-0.05, 0) is 36.7 Å². The number of rotatable bonds is 4. The van der Waals surface area contributed by atoms with E-state index in [0.717, 1.165) is 18.7 Å². The number of hydrogen-bond donors (Lipinski definition) is 1. The second kappa shape index (κ2) is 5.71. The molecule has 2 nitrogen and oxygen atoms in total. The molecule has 0 fully saturated rings. The first-order valence-corrected chi connectivity index (χ1v) is 5.64. The van der Waals surface area contributed by atoms with Crippen LogP contribution >= 0.6 is 12.2 Å². The molecule has 0 heterocycles. The van der Waals surface area contributed by atoms with Gasteiger partial charge in [-0.2, -0.15) is 0 Å². The average molecular weight is 222 g/mol. The summed E-state index contributed by atoms with van der Waals surface area (Å²) in [5, 5.41) is 0.446. The third-order valence-corrected chi connectivity index (χ3v) is 2.48. The minimum atomic E-state index is 0.446. The van der Waals surface area contributed by atoms with Crippen LogP contribution in [0.15, 0.2) is 30.3 Å². The zero-order valence-electron chi connectivity index (χ0n) is 9.31. The topological polar surface area (TPSA) is 29.3 Å². The van der Waals surface area contributed by atoms with E-state index in [9.17, 15) is 0 Å². The van der Waals surface area contributed by atoms with Gasteiger partial charge in [0.2, 0.25) is 0 Å². The zero-order valence-corrected chi connectivity index (χ0v) is 10.1. The molecule has 15 heavy (non-hydrogen) atoms. The molecule has 2 N–H and O–H groups in total. The molecule has 0 aliphatic rings. The van der Waals surface area contributed by atoms with Crippen LogP contribution in [0, 0.1) is 5.92 Å². The lowest BCUT2D eigenvalue weighted by atomic mass is 10.1. The van der Waals surface area contributed by atoms with E-state index in [1.54, 1.807) is 0 Å². The molecule has 0 bridgehead atoms. The summed E-state index contributed by atoms with van der Waals surface area (Å²) in [5.74, 6) is 0.658. The third kappa shape index (κ3) is 3.88. The normalized spacial score (nSPS) is 10.3. The standard InChI is InChI=1S/C12H18N2S/c1-10(2)8-9-14(12(13)15)11-6-4-3-5-7-11/h3-7,10H,8-9H2,1-2H3,(H2,13,15). The Kier molecular flexibility index (Phi) is 4.56. The molecule has 0 amide bonds. The molecule has 3 heteroatoms. The Morgan fingerprint density at radius 1 is 1.33 bits per heavy atom. The van der Waals surface area contributed by atoms with Gasteiger partial charge in [-0.3, -0.25) is 0 Å². The molecule has 82 valence electrons. The number of para-hydroxylation sites is 1. The highest BCUT2D eigenvalue weighted by molar-refractivity contribution is 7.80. The molecule has 0 aliphatic carbocycles. The quantitative estimate of drug-likeness (QED) is 0.794. The van der Waals surface area contributed by atoms with Gasteiger partial charge in [0.05, 0.1) is 0 Å². The number of anilines is 1. The predicted octanol–water partition coefficient (Wildman–Crippen LogP) is 2.78. The van der Waals surface area contributed by atoms with Crippen molar-refractivity contribution in [2.45, 2.75) is 20.3 Å². The van der Waals surface area contributed by atoms with Crippen molar-refractivity contribution in [2.24, 2.45) is 11.7 Å². The zero-order chi connectivity index (χ0) is 11.3. The summed E-state index contributed by atoms with van der Waals surface area (Å²) in [6.45, 7) is 5.28. The Bertz CT molecular complexity index is 309. The first kappa shape index (κ1) is 12.0. The van der Waals surface area contributed by atoms with Gasteiger partial charge in [0.1, 0.15) is 0 Å². The first-order valence-electron chi connectivity index (χ1n) is 5.23. The summed E-state index contributed by atoms with van der Waals surface area (Å²) in [5.41, 5.74) is 6.79. The fraction of sp³-hybridized carbons (Fsp3) is 0.417. The molecule has 0 aromatic heterocycles. The van der Waals surface area contributed by atoms with Crippen molar-refractivity contribution in [3.63, 3.8) is 0 Å². The van der Waals surface area contributed by atoms with Crippen molar-refractivity contribution in [2.75, 3.05) is 11.4 Å². The smallest absolute Gasteiger partial charge is 0.170 e. The monoisotopic (exact) mass is 222 g/mol. The summed E-state index contributed by atoms with van der Waals surface area (Å²) in [6, 6.07) is 10.0. The molecule has 0 radical (unpaired) electrons. The molecule has 1 aromatic carbocycles. The molecule has 0 atom stereocenters. The van der Waals surface area contributed by atoms with E-state index in [-0.39, 0.29) is 0 Å². The van der Waals surface area contributed by atoms with E-state index in [1.807, 2.05) is 35.2 Å². The van der Waals surface area contributed by atoms with E-state index in [2.05, 4.69) is 13.8 Å². The lowest BCUT2D eigenvalue weighted by Crippen LogP contribution is -2.36. The van der Waals surface area contributed by atoms with Gasteiger partial charge >= 0.3 is 0 Å². The van der Waals surface area contributed by atoms with Crippen LogP contribution in [0.1, 0.15) is 20.3 Å². The summed E-state index contributed by atoms with van der Waals surface area (Å²) in [4.78, 5) is 1.98. The van der Waals surface area contributed by atoms with E-state index in [0.29, 0.717) is 11.0 Å². The average Bonchev–Trinajstić information content (AvgIpc) is 2.18. The molecular formula is C12H18N2S. The SMILES string of the molecule is CC(C)CCN(C(N)=S)c1ccccc1. The minimum Gasteiger partial charge on any atom is -0.376 e. The molecule has 1 rings (SSSR count). The number of benzene rings is 1. The van der Waals surface area contributed by atoms with Crippen molar-refractivity contribution in [3.8, 4) is 0 Å². The van der Waals surface area contributed by atoms with Crippen LogP contribution in [0.2, 0.25) is 0 Å². The highest BCUT2D eigenvalue weighted by Crippen LogP contribution is 2.14. The van der Waals surface area contributed by atoms with Crippen molar-refractivity contribution >= 4 is 23.0 Å². The Balaban J connectivity index is 2.71. The summed E-state index contributed by atoms with van der Waals surface area (Å²) in [6.07, 6.45) is 1.09. The summed E-state index contributed by atoms with van der Waals surface area (Å²) in [7, 11) is 0. The van der Waals surface area contributed by atoms with Crippen LogP contribution < -0.4 is 10.6 Å². The summed E-state index contributed by atoms with van der Waals surface area (Å²) < 4.78 is 0. The number of nitrogens with zero attached hydrogens (tertiary/aromatic N) is 1. The highest BCUT2D eigenvalue weighted by atomic mass is 32.1. The van der Waals surface area contributed by atoms with E-state index >= 15 is 0 Å². The second-order valence-corrected chi connectivity index (χ2v) is 4.43. The lowest BCUT2D eigenvalue weighted by Gasteiger charge is -2.23. The minimum absolute atomic E-state index is 0.446. The van der Waals surface area contributed by atoms with E-state index in [4.69, 9.17) is 18.0 Å². The Morgan fingerprint density at radius 2 is 1.93 bits per heavy atom. The Labute approximate surface area is 97.1 Å². The number of hydrogen-bond acceptors (Lipinski definition) is 1. The maximum atomic E-state index is 5.71. The first-order chi connectivity index (χ1) is 7.11. The van der Waals surface area contributed by atoms with Crippen LogP contribution in [0.4, 0.5) is 5.69 Å². The van der Waals surface area contributed by atoms with Gasteiger partial charge in [0, 0.05) is 12.2 Å². The third-order valence-electron chi connectivity index (χ3n) is 2.26. The van der Waals surface area contributed by atoms with Crippen LogP contribution in [-0.2, 0) is 0 Å². The lowest BCUT2D eigenvalue weighted by molar-refractivity contribution is 0.594. The van der Waals surface area contributed by atoms with Gasteiger partial charge in [-0.15, -0.1) is 0 Å². The maximum Gasteiger partial charge on any atom is 0.170 e. The fourth-order valence-corrected chi connectivity index (χ4v) is 1.56. The number of thiocarbonyl (C=S) groups is 1. The van der Waals surface area contributed by atoms with E-state index < -0.39 is 0 Å². The van der Waals surface area contributed by atoms with Crippen LogP contribution in [0.25, 0.3) is 0 Å². The van der Waals surface area contributed by atoms with Gasteiger partial charge in [-0.25, -0.2) is 0 Å². The summed E-state index contributed by atoms with van der Waals surface area (Å²) >= 11 is 5.05. The van der Waals surface area contributed by atoms with Gasteiger partial charge < -0.3 is 10.6 Å². The molecule has 0 unspecified atom stereocenters. The molecule has 0 spiro atoms. The highest BCUT2D eigenvalue weighted by Gasteiger charge is 2.08. The molecule has 1 aromatic rings.